The molecule has 0 fully saturated rings. The van der Waals surface area contributed by atoms with Gasteiger partial charge in [-0.2, -0.15) is 10.2 Å². The fourth-order valence-electron chi connectivity index (χ4n) is 1.48. The van der Waals surface area contributed by atoms with Crippen molar-refractivity contribution in [2.45, 2.75) is 19.8 Å². The Bertz CT molecular complexity index is 525. The van der Waals surface area contributed by atoms with Gasteiger partial charge in [-0.3, -0.25) is 0 Å². The van der Waals surface area contributed by atoms with Gasteiger partial charge in [0.2, 0.25) is 0 Å². The van der Waals surface area contributed by atoms with E-state index in [0.717, 1.165) is 17.5 Å². The van der Waals surface area contributed by atoms with Crippen LogP contribution in [0, 0.1) is 11.3 Å². The molecule has 1 aromatic carbocycles. The second-order valence-corrected chi connectivity index (χ2v) is 3.36. The number of rotatable bonds is 3. The van der Waals surface area contributed by atoms with Crippen LogP contribution in [0.1, 0.15) is 18.3 Å². The largest absolute Gasteiger partial charge is 0.334 e. The van der Waals surface area contributed by atoms with Crippen LogP contribution < -0.4 is 0 Å². The zero-order chi connectivity index (χ0) is 11.4. The maximum Gasteiger partial charge on any atom is 0.258 e. The van der Waals surface area contributed by atoms with Gasteiger partial charge in [0.15, 0.2) is 5.82 Å². The molecule has 1 aromatic heterocycles. The Kier molecular flexibility index (Phi) is 2.97. The number of benzene rings is 1. The lowest BCUT2D eigenvalue weighted by Gasteiger charge is -2.00. The molecule has 0 radical (unpaired) electrons. The lowest BCUT2D eigenvalue weighted by molar-refractivity contribution is 0.423. The van der Waals surface area contributed by atoms with Crippen LogP contribution in [0.25, 0.3) is 11.5 Å². The number of nitrogens with zero attached hydrogens (tertiary/aromatic N) is 3. The van der Waals surface area contributed by atoms with Crippen molar-refractivity contribution in [1.82, 2.24) is 10.1 Å². The van der Waals surface area contributed by atoms with E-state index in [1.165, 1.54) is 0 Å². The summed E-state index contributed by atoms with van der Waals surface area (Å²) in [6.07, 6.45) is 1.09. The predicted octanol–water partition coefficient (Wildman–Crippen LogP) is 2.37. The number of aryl methyl sites for hydroxylation is 1. The average Bonchev–Trinajstić information content (AvgIpc) is 2.79. The van der Waals surface area contributed by atoms with E-state index in [1.807, 2.05) is 31.2 Å². The van der Waals surface area contributed by atoms with Crippen molar-refractivity contribution >= 4 is 0 Å². The fraction of sp³-hybridized carbons (Fsp3) is 0.250. The second-order valence-electron chi connectivity index (χ2n) is 3.36. The highest BCUT2D eigenvalue weighted by atomic mass is 16.5. The third-order valence-electron chi connectivity index (χ3n) is 2.30. The van der Waals surface area contributed by atoms with Gasteiger partial charge in [-0.15, -0.1) is 0 Å². The standard InChI is InChI=1S/C12H11N3O/c1-2-11-14-12(16-15-11)10-6-4-3-5-9(10)7-8-13/h3-6H,2,7H2,1H3. The van der Waals surface area contributed by atoms with Gasteiger partial charge in [0, 0.05) is 12.0 Å². The summed E-state index contributed by atoms with van der Waals surface area (Å²) in [5.74, 6) is 1.17. The molecule has 0 aliphatic rings. The van der Waals surface area contributed by atoms with Crippen LogP contribution in [0.4, 0.5) is 0 Å². The Morgan fingerprint density at radius 3 is 2.88 bits per heavy atom. The van der Waals surface area contributed by atoms with Crippen LogP contribution in [0.3, 0.4) is 0 Å². The van der Waals surface area contributed by atoms with Crippen LogP contribution in [-0.2, 0) is 12.8 Å². The summed E-state index contributed by atoms with van der Waals surface area (Å²) in [4.78, 5) is 4.25. The van der Waals surface area contributed by atoms with Crippen molar-refractivity contribution in [2.24, 2.45) is 0 Å². The molecule has 2 rings (SSSR count). The van der Waals surface area contributed by atoms with E-state index >= 15 is 0 Å². The van der Waals surface area contributed by atoms with Crippen molar-refractivity contribution in [3.8, 4) is 17.5 Å². The second kappa shape index (κ2) is 4.58. The number of hydrogen-bond acceptors (Lipinski definition) is 4. The van der Waals surface area contributed by atoms with Gasteiger partial charge >= 0.3 is 0 Å². The molecule has 16 heavy (non-hydrogen) atoms. The highest BCUT2D eigenvalue weighted by Gasteiger charge is 2.11. The quantitative estimate of drug-likeness (QED) is 0.785. The van der Waals surface area contributed by atoms with Gasteiger partial charge in [-0.25, -0.2) is 0 Å². The summed E-state index contributed by atoms with van der Waals surface area (Å²) in [7, 11) is 0. The molecular formula is C12H11N3O. The minimum absolute atomic E-state index is 0.347. The van der Waals surface area contributed by atoms with Crippen molar-refractivity contribution < 1.29 is 4.52 Å². The van der Waals surface area contributed by atoms with E-state index < -0.39 is 0 Å². The molecule has 0 bridgehead atoms. The van der Waals surface area contributed by atoms with E-state index in [1.54, 1.807) is 0 Å². The average molecular weight is 213 g/mol. The lowest BCUT2D eigenvalue weighted by atomic mass is 10.1. The molecule has 0 atom stereocenters. The molecule has 0 amide bonds. The molecule has 80 valence electrons. The molecule has 4 heteroatoms. The highest BCUT2D eigenvalue weighted by molar-refractivity contribution is 5.58. The van der Waals surface area contributed by atoms with E-state index in [-0.39, 0.29) is 0 Å². The van der Waals surface area contributed by atoms with E-state index in [2.05, 4.69) is 16.2 Å². The number of aromatic nitrogens is 2. The first-order chi connectivity index (χ1) is 7.85. The first kappa shape index (κ1) is 10.4. The monoisotopic (exact) mass is 213 g/mol. The van der Waals surface area contributed by atoms with Gasteiger partial charge in [-0.1, -0.05) is 30.3 Å². The molecule has 0 aliphatic heterocycles. The van der Waals surface area contributed by atoms with Crippen molar-refractivity contribution in [3.05, 3.63) is 35.7 Å². The number of nitriles is 1. The van der Waals surface area contributed by atoms with Crippen LogP contribution in [0.5, 0.6) is 0 Å². The summed E-state index contributed by atoms with van der Waals surface area (Å²) >= 11 is 0. The Hall–Kier alpha value is -2.15. The molecule has 0 saturated carbocycles. The number of hydrogen-bond donors (Lipinski definition) is 0. The summed E-state index contributed by atoms with van der Waals surface area (Å²) in [5, 5.41) is 12.6. The maximum absolute atomic E-state index is 8.73. The van der Waals surface area contributed by atoms with Crippen molar-refractivity contribution in [3.63, 3.8) is 0 Å². The predicted molar refractivity (Wildman–Crippen MR) is 58.4 cm³/mol. The molecule has 0 spiro atoms. The lowest BCUT2D eigenvalue weighted by Crippen LogP contribution is -1.88. The smallest absolute Gasteiger partial charge is 0.258 e. The molecule has 0 saturated heterocycles. The van der Waals surface area contributed by atoms with Gasteiger partial charge < -0.3 is 4.52 Å². The fourth-order valence-corrected chi connectivity index (χ4v) is 1.48. The Labute approximate surface area is 93.5 Å². The van der Waals surface area contributed by atoms with Crippen LogP contribution in [0.15, 0.2) is 28.8 Å². The van der Waals surface area contributed by atoms with Gasteiger partial charge in [0.1, 0.15) is 0 Å². The molecule has 0 N–H and O–H groups in total. The SMILES string of the molecule is CCc1noc(-c2ccccc2CC#N)n1. The Morgan fingerprint density at radius 1 is 1.38 bits per heavy atom. The molecule has 0 aliphatic carbocycles. The Morgan fingerprint density at radius 2 is 2.19 bits per heavy atom. The first-order valence-electron chi connectivity index (χ1n) is 5.13. The first-order valence-corrected chi connectivity index (χ1v) is 5.13. The van der Waals surface area contributed by atoms with E-state index in [4.69, 9.17) is 9.78 Å². The topological polar surface area (TPSA) is 62.7 Å². The third-order valence-corrected chi connectivity index (χ3v) is 2.30. The van der Waals surface area contributed by atoms with Crippen molar-refractivity contribution in [1.29, 1.82) is 5.26 Å². The van der Waals surface area contributed by atoms with Gasteiger partial charge in [-0.05, 0) is 11.6 Å². The highest BCUT2D eigenvalue weighted by Crippen LogP contribution is 2.22. The van der Waals surface area contributed by atoms with Crippen LogP contribution in [-0.4, -0.2) is 10.1 Å². The summed E-state index contributed by atoms with van der Waals surface area (Å²) in [5.41, 5.74) is 1.76. The minimum Gasteiger partial charge on any atom is -0.334 e. The van der Waals surface area contributed by atoms with Gasteiger partial charge in [0.05, 0.1) is 12.5 Å². The van der Waals surface area contributed by atoms with Crippen LogP contribution >= 0.6 is 0 Å². The van der Waals surface area contributed by atoms with E-state index in [9.17, 15) is 0 Å². The molecule has 1 heterocycles. The Balaban J connectivity index is 2.43. The molecule has 2 aromatic rings. The summed E-state index contributed by atoms with van der Waals surface area (Å²) < 4.78 is 5.16. The van der Waals surface area contributed by atoms with Crippen LogP contribution in [0.2, 0.25) is 0 Å². The zero-order valence-corrected chi connectivity index (χ0v) is 8.97. The molecule has 0 unspecified atom stereocenters. The maximum atomic E-state index is 8.73. The summed E-state index contributed by atoms with van der Waals surface area (Å²) in [6, 6.07) is 9.70. The van der Waals surface area contributed by atoms with E-state index in [0.29, 0.717) is 18.1 Å². The molecular weight excluding hydrogens is 202 g/mol. The minimum atomic E-state index is 0.347. The molecule has 4 nitrogen and oxygen atoms in total. The normalized spacial score (nSPS) is 10.0. The zero-order valence-electron chi connectivity index (χ0n) is 8.97. The summed E-state index contributed by atoms with van der Waals surface area (Å²) in [6.45, 7) is 1.97. The van der Waals surface area contributed by atoms with Crippen molar-refractivity contribution in [2.75, 3.05) is 0 Å². The van der Waals surface area contributed by atoms with Gasteiger partial charge in [0.25, 0.3) is 5.89 Å². The third kappa shape index (κ3) is 1.94.